The molecule has 1 unspecified atom stereocenters. The van der Waals surface area contributed by atoms with Crippen LogP contribution in [0.3, 0.4) is 0 Å². The van der Waals surface area contributed by atoms with E-state index in [2.05, 4.69) is 46.3 Å². The summed E-state index contributed by atoms with van der Waals surface area (Å²) in [6.07, 6.45) is 1.01. The first-order chi connectivity index (χ1) is 15.2. The Hall–Kier alpha value is -2.73. The van der Waals surface area contributed by atoms with E-state index in [1.807, 2.05) is 24.3 Å². The number of para-hydroxylation sites is 2. The molecule has 160 valence electrons. The van der Waals surface area contributed by atoms with Gasteiger partial charge in [0.15, 0.2) is 0 Å². The van der Waals surface area contributed by atoms with E-state index in [0.29, 0.717) is 26.3 Å². The molecule has 0 bridgehead atoms. The van der Waals surface area contributed by atoms with Gasteiger partial charge < -0.3 is 19.7 Å². The molecule has 0 aliphatic carbocycles. The second kappa shape index (κ2) is 8.42. The first-order valence-electron chi connectivity index (χ1n) is 10.9. The van der Waals surface area contributed by atoms with Gasteiger partial charge in [0, 0.05) is 47.1 Å². The van der Waals surface area contributed by atoms with Crippen molar-refractivity contribution in [3.05, 3.63) is 84.2 Å². The summed E-state index contributed by atoms with van der Waals surface area (Å²) in [4.78, 5) is 0. The van der Waals surface area contributed by atoms with Crippen LogP contribution in [0.4, 0.5) is 4.39 Å². The van der Waals surface area contributed by atoms with Gasteiger partial charge in [0.2, 0.25) is 0 Å². The number of ether oxygens (including phenoxy) is 1. The molecular formula is C26H27FN2O2. The Morgan fingerprint density at radius 1 is 0.903 bits per heavy atom. The van der Waals surface area contributed by atoms with Crippen molar-refractivity contribution in [3.8, 4) is 0 Å². The van der Waals surface area contributed by atoms with Gasteiger partial charge in [-0.2, -0.15) is 0 Å². The molecule has 1 aliphatic rings. The summed E-state index contributed by atoms with van der Waals surface area (Å²) in [5, 5.41) is 17.0. The molecule has 2 N–H and O–H groups in total. The molecule has 1 saturated heterocycles. The monoisotopic (exact) mass is 418 g/mol. The van der Waals surface area contributed by atoms with Crippen LogP contribution in [0, 0.1) is 5.82 Å². The van der Waals surface area contributed by atoms with E-state index in [1.165, 1.54) is 22.9 Å². The zero-order valence-electron chi connectivity index (χ0n) is 17.4. The molecule has 5 heteroatoms. The highest BCUT2D eigenvalue weighted by Crippen LogP contribution is 2.33. The minimum Gasteiger partial charge on any atom is -0.390 e. The molecule has 1 fully saturated rings. The Labute approximate surface area is 181 Å². The van der Waals surface area contributed by atoms with E-state index in [1.54, 1.807) is 0 Å². The Morgan fingerprint density at radius 2 is 1.48 bits per heavy atom. The third-order valence-electron chi connectivity index (χ3n) is 6.49. The second-order valence-corrected chi connectivity index (χ2v) is 8.38. The molecule has 1 aromatic heterocycles. The van der Waals surface area contributed by atoms with Gasteiger partial charge in [0.25, 0.3) is 0 Å². The van der Waals surface area contributed by atoms with Gasteiger partial charge in [0.1, 0.15) is 5.82 Å². The lowest BCUT2D eigenvalue weighted by atomic mass is 9.82. The molecule has 31 heavy (non-hydrogen) atoms. The molecule has 3 aromatic carbocycles. The van der Waals surface area contributed by atoms with Crippen molar-refractivity contribution in [2.45, 2.75) is 31.0 Å². The van der Waals surface area contributed by atoms with Gasteiger partial charge in [-0.25, -0.2) is 4.39 Å². The van der Waals surface area contributed by atoms with Crippen LogP contribution in [0.2, 0.25) is 0 Å². The maximum Gasteiger partial charge on any atom is 0.123 e. The van der Waals surface area contributed by atoms with Crippen LogP contribution in [-0.4, -0.2) is 35.5 Å². The third-order valence-corrected chi connectivity index (χ3v) is 6.49. The fourth-order valence-electron chi connectivity index (χ4n) is 4.84. The number of aliphatic hydroxyl groups excluding tert-OH is 1. The zero-order valence-corrected chi connectivity index (χ0v) is 17.4. The summed E-state index contributed by atoms with van der Waals surface area (Å²) in [5.74, 6) is -0.239. The lowest BCUT2D eigenvalue weighted by molar-refractivity contribution is 0.0290. The number of aromatic nitrogens is 1. The zero-order chi connectivity index (χ0) is 21.3. The summed E-state index contributed by atoms with van der Waals surface area (Å²) in [6, 6.07) is 23.3. The Kier molecular flexibility index (Phi) is 5.48. The number of fused-ring (bicyclic) bond motifs is 3. The fraction of sp³-hybridized carbons (Fsp3) is 0.308. The number of rotatable bonds is 6. The largest absolute Gasteiger partial charge is 0.390 e. The molecule has 2 heterocycles. The van der Waals surface area contributed by atoms with Crippen LogP contribution in [0.5, 0.6) is 0 Å². The number of halogens is 1. The van der Waals surface area contributed by atoms with Crippen LogP contribution >= 0.6 is 0 Å². The topological polar surface area (TPSA) is 46.4 Å². The summed E-state index contributed by atoms with van der Waals surface area (Å²) in [5.41, 5.74) is 2.98. The summed E-state index contributed by atoms with van der Waals surface area (Å²) in [7, 11) is 0. The number of aliphatic hydroxyl groups is 1. The number of hydrogen-bond acceptors (Lipinski definition) is 3. The predicted octanol–water partition coefficient (Wildman–Crippen LogP) is 4.59. The van der Waals surface area contributed by atoms with E-state index in [-0.39, 0.29) is 11.4 Å². The molecule has 0 spiro atoms. The van der Waals surface area contributed by atoms with E-state index >= 15 is 0 Å². The van der Waals surface area contributed by atoms with Gasteiger partial charge in [-0.05, 0) is 42.7 Å². The van der Waals surface area contributed by atoms with Crippen molar-refractivity contribution in [1.29, 1.82) is 0 Å². The van der Waals surface area contributed by atoms with Crippen LogP contribution in [0.15, 0.2) is 72.8 Å². The van der Waals surface area contributed by atoms with E-state index in [0.717, 1.165) is 29.4 Å². The van der Waals surface area contributed by atoms with E-state index < -0.39 is 6.10 Å². The number of nitrogens with one attached hydrogen (secondary N) is 1. The minimum absolute atomic E-state index is 0.239. The number of hydrogen-bond donors (Lipinski definition) is 2. The van der Waals surface area contributed by atoms with Crippen molar-refractivity contribution < 1.29 is 14.2 Å². The summed E-state index contributed by atoms with van der Waals surface area (Å²) >= 11 is 0. The van der Waals surface area contributed by atoms with Crippen LogP contribution in [0.1, 0.15) is 18.4 Å². The van der Waals surface area contributed by atoms with Crippen molar-refractivity contribution in [2.75, 3.05) is 19.8 Å². The standard InChI is InChI=1S/C26H27FN2O2/c27-20-11-9-19(10-12-20)26(13-15-31-16-14-26)28-17-21(30)18-29-24-7-3-1-5-22(24)23-6-2-4-8-25(23)29/h1-12,21,28,30H,13-18H2. The van der Waals surface area contributed by atoms with Gasteiger partial charge in [-0.15, -0.1) is 0 Å². The SMILES string of the molecule is OC(CNC1(c2ccc(F)cc2)CCOCC1)Cn1c2ccccc2c2ccccc21. The molecule has 0 amide bonds. The molecule has 0 radical (unpaired) electrons. The van der Waals surface area contributed by atoms with Crippen molar-refractivity contribution >= 4 is 21.8 Å². The summed E-state index contributed by atoms with van der Waals surface area (Å²) in [6.45, 7) is 2.23. The van der Waals surface area contributed by atoms with Gasteiger partial charge in [-0.3, -0.25) is 0 Å². The van der Waals surface area contributed by atoms with Crippen molar-refractivity contribution in [2.24, 2.45) is 0 Å². The Balaban J connectivity index is 1.39. The van der Waals surface area contributed by atoms with Crippen molar-refractivity contribution in [3.63, 3.8) is 0 Å². The van der Waals surface area contributed by atoms with Gasteiger partial charge in [-0.1, -0.05) is 48.5 Å². The first kappa shape index (κ1) is 20.2. The Morgan fingerprint density at radius 3 is 2.10 bits per heavy atom. The summed E-state index contributed by atoms with van der Waals surface area (Å²) < 4.78 is 21.2. The van der Waals surface area contributed by atoms with Crippen LogP contribution < -0.4 is 5.32 Å². The highest BCUT2D eigenvalue weighted by Gasteiger charge is 2.34. The Bertz CT molecular complexity index is 1130. The molecule has 1 aliphatic heterocycles. The predicted molar refractivity (Wildman–Crippen MR) is 122 cm³/mol. The lowest BCUT2D eigenvalue weighted by Crippen LogP contribution is -2.49. The molecule has 5 rings (SSSR count). The molecule has 4 nitrogen and oxygen atoms in total. The van der Waals surface area contributed by atoms with Gasteiger partial charge >= 0.3 is 0 Å². The lowest BCUT2D eigenvalue weighted by Gasteiger charge is -2.39. The number of nitrogens with zero attached hydrogens (tertiary/aromatic N) is 1. The second-order valence-electron chi connectivity index (χ2n) is 8.38. The molecular weight excluding hydrogens is 391 g/mol. The first-order valence-corrected chi connectivity index (χ1v) is 10.9. The maximum atomic E-state index is 13.5. The maximum absolute atomic E-state index is 13.5. The molecule has 4 aromatic rings. The smallest absolute Gasteiger partial charge is 0.123 e. The minimum atomic E-state index is -0.570. The average Bonchev–Trinajstić information content (AvgIpc) is 3.13. The average molecular weight is 419 g/mol. The third kappa shape index (κ3) is 3.85. The molecule has 1 atom stereocenters. The highest BCUT2D eigenvalue weighted by molar-refractivity contribution is 6.07. The van der Waals surface area contributed by atoms with E-state index in [9.17, 15) is 9.50 Å². The normalized spacial score (nSPS) is 17.2. The van der Waals surface area contributed by atoms with E-state index in [4.69, 9.17) is 4.74 Å². The fourth-order valence-corrected chi connectivity index (χ4v) is 4.84. The van der Waals surface area contributed by atoms with Crippen LogP contribution in [0.25, 0.3) is 21.8 Å². The van der Waals surface area contributed by atoms with Gasteiger partial charge in [0.05, 0.1) is 12.6 Å². The number of benzene rings is 3. The quantitative estimate of drug-likeness (QED) is 0.481. The van der Waals surface area contributed by atoms with Crippen molar-refractivity contribution in [1.82, 2.24) is 9.88 Å². The highest BCUT2D eigenvalue weighted by atomic mass is 19.1. The molecule has 0 saturated carbocycles. The van der Waals surface area contributed by atoms with Crippen LogP contribution in [-0.2, 0) is 16.8 Å².